The van der Waals surface area contributed by atoms with Crippen molar-refractivity contribution in [3.8, 4) is 0 Å². The van der Waals surface area contributed by atoms with Gasteiger partial charge in [0.2, 0.25) is 0 Å². The zero-order valence-electron chi connectivity index (χ0n) is 9.37. The van der Waals surface area contributed by atoms with Crippen LogP contribution in [0, 0.1) is 5.82 Å². The first kappa shape index (κ1) is 12.9. The predicted octanol–water partition coefficient (Wildman–Crippen LogP) is 1.54. The molecule has 0 heterocycles. The molecule has 0 atom stereocenters. The van der Waals surface area contributed by atoms with Crippen LogP contribution < -0.4 is 10.6 Å². The Balaban J connectivity index is 2.98. The van der Waals surface area contributed by atoms with Gasteiger partial charge in [0.25, 0.3) is 0 Å². The molecule has 1 aromatic carbocycles. The molecular formula is C11H15FN2OS. The lowest BCUT2D eigenvalue weighted by atomic mass is 10.1. The fraction of sp³-hybridized carbons (Fsp3) is 0.364. The summed E-state index contributed by atoms with van der Waals surface area (Å²) in [6, 6.07) is 4.40. The number of thiocarbonyl (C=S) groups is 1. The molecule has 0 unspecified atom stereocenters. The van der Waals surface area contributed by atoms with E-state index in [1.165, 1.54) is 12.1 Å². The average molecular weight is 242 g/mol. The number of hydrogen-bond acceptors (Lipinski definition) is 3. The summed E-state index contributed by atoms with van der Waals surface area (Å²) in [5.74, 6) is -0.341. The summed E-state index contributed by atoms with van der Waals surface area (Å²) < 4.78 is 18.0. The fourth-order valence-corrected chi connectivity index (χ4v) is 1.55. The van der Waals surface area contributed by atoms with Gasteiger partial charge in [0, 0.05) is 32.0 Å². The molecule has 16 heavy (non-hydrogen) atoms. The molecule has 1 aromatic rings. The second-order valence-corrected chi connectivity index (χ2v) is 3.88. The monoisotopic (exact) mass is 242 g/mol. The Bertz CT molecular complexity index is 384. The highest BCUT2D eigenvalue weighted by atomic mass is 32.1. The highest BCUT2D eigenvalue weighted by Crippen LogP contribution is 2.20. The molecule has 0 bridgehead atoms. The Hall–Kier alpha value is -1.20. The number of hydrogen-bond donors (Lipinski definition) is 1. The molecule has 0 aliphatic heterocycles. The number of halogens is 1. The van der Waals surface area contributed by atoms with E-state index >= 15 is 0 Å². The van der Waals surface area contributed by atoms with Gasteiger partial charge in [-0.25, -0.2) is 4.39 Å². The van der Waals surface area contributed by atoms with Crippen LogP contribution in [0.1, 0.15) is 5.56 Å². The van der Waals surface area contributed by atoms with E-state index in [4.69, 9.17) is 22.7 Å². The number of likely N-dealkylation sites (N-methyl/N-ethyl adjacent to an activating group) is 1. The molecule has 0 amide bonds. The van der Waals surface area contributed by atoms with Gasteiger partial charge in [-0.3, -0.25) is 0 Å². The summed E-state index contributed by atoms with van der Waals surface area (Å²) in [6.45, 7) is 1.28. The van der Waals surface area contributed by atoms with E-state index in [1.54, 1.807) is 13.2 Å². The van der Waals surface area contributed by atoms with Gasteiger partial charge in [0.1, 0.15) is 10.8 Å². The number of ether oxygens (including phenoxy) is 1. The summed E-state index contributed by atoms with van der Waals surface area (Å²) in [6.07, 6.45) is 0. The third-order valence-corrected chi connectivity index (χ3v) is 2.49. The van der Waals surface area contributed by atoms with E-state index in [0.29, 0.717) is 18.7 Å². The van der Waals surface area contributed by atoms with Crippen LogP contribution in [0.25, 0.3) is 0 Å². The predicted molar refractivity (Wildman–Crippen MR) is 67.4 cm³/mol. The van der Waals surface area contributed by atoms with Gasteiger partial charge in [-0.1, -0.05) is 12.2 Å². The highest BCUT2D eigenvalue weighted by Gasteiger charge is 2.10. The first-order valence-electron chi connectivity index (χ1n) is 4.85. The summed E-state index contributed by atoms with van der Waals surface area (Å²) in [4.78, 5) is 2.12. The van der Waals surface area contributed by atoms with E-state index in [0.717, 1.165) is 5.69 Å². The molecule has 0 aliphatic carbocycles. The molecule has 3 nitrogen and oxygen atoms in total. The van der Waals surface area contributed by atoms with Crippen molar-refractivity contribution in [2.24, 2.45) is 5.73 Å². The van der Waals surface area contributed by atoms with E-state index in [-0.39, 0.29) is 10.8 Å². The van der Waals surface area contributed by atoms with Crippen LogP contribution in [0.3, 0.4) is 0 Å². The first-order chi connectivity index (χ1) is 7.56. The molecule has 5 heteroatoms. The summed E-state index contributed by atoms with van der Waals surface area (Å²) in [5, 5.41) is 0. The van der Waals surface area contributed by atoms with Gasteiger partial charge in [0.05, 0.1) is 6.61 Å². The Labute approximate surface area is 100.0 Å². The highest BCUT2D eigenvalue weighted by molar-refractivity contribution is 7.80. The molecule has 0 aromatic heterocycles. The molecule has 1 rings (SSSR count). The van der Waals surface area contributed by atoms with Crippen LogP contribution in [0.15, 0.2) is 18.2 Å². The van der Waals surface area contributed by atoms with E-state index in [1.807, 2.05) is 11.9 Å². The van der Waals surface area contributed by atoms with E-state index in [9.17, 15) is 4.39 Å². The van der Waals surface area contributed by atoms with Crippen molar-refractivity contribution < 1.29 is 9.13 Å². The molecule has 0 saturated carbocycles. The minimum absolute atomic E-state index is 0.193. The second kappa shape index (κ2) is 5.77. The topological polar surface area (TPSA) is 38.5 Å². The van der Waals surface area contributed by atoms with Crippen LogP contribution in [0.5, 0.6) is 0 Å². The van der Waals surface area contributed by atoms with E-state index in [2.05, 4.69) is 0 Å². The Morgan fingerprint density at radius 3 is 2.81 bits per heavy atom. The fourth-order valence-electron chi connectivity index (χ4n) is 1.39. The van der Waals surface area contributed by atoms with Crippen molar-refractivity contribution >= 4 is 22.9 Å². The number of nitrogens with zero attached hydrogens (tertiary/aromatic N) is 1. The van der Waals surface area contributed by atoms with E-state index < -0.39 is 0 Å². The molecule has 0 saturated heterocycles. The summed E-state index contributed by atoms with van der Waals surface area (Å²) in [7, 11) is 3.51. The van der Waals surface area contributed by atoms with Crippen LogP contribution in [0.4, 0.5) is 10.1 Å². The standard InChI is InChI=1S/C11H15FN2OS/c1-14(5-6-15-2)10-4-3-8(12)7-9(10)11(13)16/h3-4,7H,5-6H2,1-2H3,(H2,13,16). The lowest BCUT2D eigenvalue weighted by Gasteiger charge is -2.21. The van der Waals surface area contributed by atoms with Crippen LogP contribution in [-0.4, -0.2) is 32.3 Å². The minimum Gasteiger partial charge on any atom is -0.389 e. The molecule has 0 aliphatic rings. The smallest absolute Gasteiger partial charge is 0.124 e. The second-order valence-electron chi connectivity index (χ2n) is 3.44. The third-order valence-electron chi connectivity index (χ3n) is 2.27. The van der Waals surface area contributed by atoms with Gasteiger partial charge in [0.15, 0.2) is 0 Å². The first-order valence-corrected chi connectivity index (χ1v) is 5.26. The maximum atomic E-state index is 13.1. The Morgan fingerprint density at radius 2 is 2.25 bits per heavy atom. The van der Waals surface area contributed by atoms with Crippen molar-refractivity contribution in [1.82, 2.24) is 0 Å². The number of rotatable bonds is 5. The van der Waals surface area contributed by atoms with Gasteiger partial charge >= 0.3 is 0 Å². The lowest BCUT2D eigenvalue weighted by molar-refractivity contribution is 0.206. The van der Waals surface area contributed by atoms with Gasteiger partial charge in [-0.15, -0.1) is 0 Å². The van der Waals surface area contributed by atoms with Crippen LogP contribution in [0.2, 0.25) is 0 Å². The Morgan fingerprint density at radius 1 is 1.56 bits per heavy atom. The largest absolute Gasteiger partial charge is 0.389 e. The lowest BCUT2D eigenvalue weighted by Crippen LogP contribution is -2.25. The van der Waals surface area contributed by atoms with Crippen molar-refractivity contribution in [1.29, 1.82) is 0 Å². The third kappa shape index (κ3) is 3.15. The van der Waals surface area contributed by atoms with Gasteiger partial charge in [-0.2, -0.15) is 0 Å². The quantitative estimate of drug-likeness (QED) is 0.795. The SMILES string of the molecule is COCCN(C)c1ccc(F)cc1C(N)=S. The maximum Gasteiger partial charge on any atom is 0.124 e. The number of nitrogens with two attached hydrogens (primary N) is 1. The molecule has 88 valence electrons. The zero-order valence-corrected chi connectivity index (χ0v) is 10.2. The number of anilines is 1. The zero-order chi connectivity index (χ0) is 12.1. The summed E-state index contributed by atoms with van der Waals surface area (Å²) >= 11 is 4.89. The molecule has 0 fully saturated rings. The van der Waals surface area contributed by atoms with Crippen molar-refractivity contribution in [2.75, 3.05) is 32.2 Å². The van der Waals surface area contributed by atoms with Gasteiger partial charge in [-0.05, 0) is 18.2 Å². The van der Waals surface area contributed by atoms with Gasteiger partial charge < -0.3 is 15.4 Å². The number of benzene rings is 1. The normalized spacial score (nSPS) is 10.2. The van der Waals surface area contributed by atoms with Crippen LogP contribution >= 0.6 is 12.2 Å². The van der Waals surface area contributed by atoms with Crippen molar-refractivity contribution in [3.63, 3.8) is 0 Å². The molecule has 0 spiro atoms. The molecular weight excluding hydrogens is 227 g/mol. The maximum absolute atomic E-state index is 13.1. The molecule has 2 N–H and O–H groups in total. The average Bonchev–Trinajstić information content (AvgIpc) is 2.25. The molecule has 0 radical (unpaired) electrons. The Kier molecular flexibility index (Phi) is 4.64. The summed E-state index contributed by atoms with van der Waals surface area (Å²) in [5.41, 5.74) is 6.92. The van der Waals surface area contributed by atoms with Crippen LogP contribution in [-0.2, 0) is 4.74 Å². The van der Waals surface area contributed by atoms with Crippen molar-refractivity contribution in [3.05, 3.63) is 29.6 Å². The number of methoxy groups -OCH3 is 1. The minimum atomic E-state index is -0.341. The van der Waals surface area contributed by atoms with Crippen molar-refractivity contribution in [2.45, 2.75) is 0 Å².